The van der Waals surface area contributed by atoms with Crippen LogP contribution in [0, 0.1) is 0 Å². The number of nitrogens with two attached hydrogens (primary N) is 1. The quantitative estimate of drug-likeness (QED) is 0.482. The fourth-order valence-electron chi connectivity index (χ4n) is 2.18. The normalized spacial score (nSPS) is 12.2. The van der Waals surface area contributed by atoms with Crippen LogP contribution in [0.1, 0.15) is 0 Å². The van der Waals surface area contributed by atoms with Crippen LogP contribution < -0.4 is 11.2 Å². The molecule has 6 nitrogen and oxygen atoms in total. The van der Waals surface area contributed by atoms with Crippen LogP contribution in [-0.2, 0) is 0 Å². The number of fused-ring (bicyclic) bond motifs is 3. The lowest BCUT2D eigenvalue weighted by atomic mass is 10.1. The molecule has 2 aromatic heterocycles. The summed E-state index contributed by atoms with van der Waals surface area (Å²) >= 11 is 0. The maximum Gasteiger partial charge on any atom is 0.200 e. The van der Waals surface area contributed by atoms with E-state index in [0.717, 1.165) is 27.6 Å². The van der Waals surface area contributed by atoms with E-state index >= 15 is 0 Å². The molecule has 0 fully saturated rings. The number of benzene rings is 1. The number of hydrogen-bond acceptors (Lipinski definition) is 4. The number of rotatable bonds is 2. The number of quaternary nitrogens is 1. The molecule has 0 radical (unpaired) electrons. The van der Waals surface area contributed by atoms with Crippen molar-refractivity contribution >= 4 is 33.6 Å². The maximum absolute atomic E-state index is 5.83. The molecule has 2 heterocycles. The van der Waals surface area contributed by atoms with E-state index in [0.29, 0.717) is 10.5 Å². The van der Waals surface area contributed by atoms with E-state index in [-0.39, 0.29) is 0 Å². The van der Waals surface area contributed by atoms with Gasteiger partial charge in [-0.3, -0.25) is 4.98 Å². The molecule has 4 N–H and O–H groups in total. The first kappa shape index (κ1) is 11.7. The van der Waals surface area contributed by atoms with Crippen molar-refractivity contribution in [2.75, 3.05) is 32.3 Å². The highest BCUT2D eigenvalue weighted by molar-refractivity contribution is 6.10. The molecular weight excluding hydrogens is 240 g/mol. The van der Waals surface area contributed by atoms with Crippen LogP contribution in [0.4, 0.5) is 11.8 Å². The van der Waals surface area contributed by atoms with Crippen molar-refractivity contribution in [2.45, 2.75) is 0 Å². The highest BCUT2D eigenvalue weighted by Crippen LogP contribution is 2.29. The van der Waals surface area contributed by atoms with Gasteiger partial charge >= 0.3 is 0 Å². The number of hydrogen-bond donors (Lipinski definition) is 3. The number of aromatic amines is 1. The monoisotopic (exact) mass is 257 g/mol. The zero-order chi connectivity index (χ0) is 13.6. The molecule has 3 aromatic rings. The van der Waals surface area contributed by atoms with Crippen LogP contribution in [0.3, 0.4) is 0 Å². The van der Waals surface area contributed by atoms with Crippen LogP contribution in [-0.4, -0.2) is 40.7 Å². The predicted octanol–water partition coefficient (Wildman–Crippen LogP) is 1.73. The van der Waals surface area contributed by atoms with Gasteiger partial charge in [0.1, 0.15) is 0 Å². The predicted molar refractivity (Wildman–Crippen MR) is 77.5 cm³/mol. The molecule has 0 amide bonds. The molecule has 98 valence electrons. The van der Waals surface area contributed by atoms with Crippen LogP contribution in [0.15, 0.2) is 24.4 Å². The van der Waals surface area contributed by atoms with Crippen molar-refractivity contribution in [2.24, 2.45) is 0 Å². The Morgan fingerprint density at radius 2 is 2.00 bits per heavy atom. The topological polar surface area (TPSA) is 79.6 Å². The van der Waals surface area contributed by atoms with Crippen LogP contribution >= 0.6 is 0 Å². The second kappa shape index (κ2) is 3.83. The Morgan fingerprint density at radius 3 is 2.74 bits per heavy atom. The van der Waals surface area contributed by atoms with Gasteiger partial charge in [0.25, 0.3) is 0 Å². The third kappa shape index (κ3) is 2.06. The zero-order valence-electron chi connectivity index (χ0n) is 11.2. The fraction of sp³-hybridized carbons (Fsp3) is 0.231. The lowest BCUT2D eigenvalue weighted by molar-refractivity contribution is -0.848. The van der Waals surface area contributed by atoms with Gasteiger partial charge in [0.05, 0.1) is 37.6 Å². The molecule has 0 aliphatic heterocycles. The average molecular weight is 257 g/mol. The summed E-state index contributed by atoms with van der Waals surface area (Å²) in [5, 5.41) is 2.08. The molecule has 3 rings (SSSR count). The number of nitrogens with zero attached hydrogens (tertiary/aromatic N) is 3. The Labute approximate surface area is 110 Å². The number of H-pyrrole nitrogens is 1. The molecule has 0 atom stereocenters. The molecule has 0 aliphatic rings. The van der Waals surface area contributed by atoms with Gasteiger partial charge in [0, 0.05) is 11.6 Å². The maximum atomic E-state index is 5.83. The lowest BCUT2D eigenvalue weighted by Gasteiger charge is -2.25. The van der Waals surface area contributed by atoms with E-state index in [1.54, 1.807) is 6.20 Å². The minimum absolute atomic E-state index is 0.391. The summed E-state index contributed by atoms with van der Waals surface area (Å²) in [6.07, 6.45) is 1.80. The van der Waals surface area contributed by atoms with Gasteiger partial charge < -0.3 is 10.7 Å². The minimum atomic E-state index is 0.391. The summed E-state index contributed by atoms with van der Waals surface area (Å²) in [5.74, 6) is 1.15. The van der Waals surface area contributed by atoms with E-state index in [2.05, 4.69) is 20.4 Å². The third-order valence-electron chi connectivity index (χ3n) is 2.85. The molecule has 0 saturated heterocycles. The van der Waals surface area contributed by atoms with E-state index in [9.17, 15) is 0 Å². The van der Waals surface area contributed by atoms with Gasteiger partial charge in [-0.05, 0) is 18.2 Å². The van der Waals surface area contributed by atoms with Crippen LogP contribution in [0.25, 0.3) is 21.8 Å². The molecule has 0 saturated carbocycles. The molecule has 6 heteroatoms. The fourth-order valence-corrected chi connectivity index (χ4v) is 2.18. The second-order valence-electron chi connectivity index (χ2n) is 5.46. The molecule has 0 aliphatic carbocycles. The Balaban J connectivity index is 2.37. The SMILES string of the molecule is C[N+](C)(C)Nc1nc(N)[nH]c2ccc3nccc3c12. The number of aromatic nitrogens is 3. The smallest absolute Gasteiger partial charge is 0.200 e. The van der Waals surface area contributed by atoms with Gasteiger partial charge in [-0.25, -0.2) is 10.0 Å². The standard InChI is InChI=1S/C13H17N6/c1-19(2,3)18-12-11-8-6-7-15-9(8)4-5-10(11)16-13(14)17-12/h4-7,18H,1-3H3,(H3,14,16,17)/q+1. The third-order valence-corrected chi connectivity index (χ3v) is 2.85. The van der Waals surface area contributed by atoms with Crippen molar-refractivity contribution < 1.29 is 4.59 Å². The number of nitrogen functional groups attached to an aromatic ring is 1. The largest absolute Gasteiger partial charge is 0.369 e. The molecular formula is C13H17N6+. The molecule has 0 spiro atoms. The first-order valence-electron chi connectivity index (χ1n) is 6.07. The Morgan fingerprint density at radius 1 is 1.21 bits per heavy atom. The molecule has 0 bridgehead atoms. The molecule has 0 unspecified atom stereocenters. The summed E-state index contributed by atoms with van der Waals surface area (Å²) in [7, 11) is 6.09. The summed E-state index contributed by atoms with van der Waals surface area (Å²) in [6, 6.07) is 5.94. The van der Waals surface area contributed by atoms with Crippen molar-refractivity contribution in [1.29, 1.82) is 0 Å². The number of nitrogens with one attached hydrogen (secondary N) is 2. The van der Waals surface area contributed by atoms with E-state index in [1.165, 1.54) is 0 Å². The van der Waals surface area contributed by atoms with Crippen LogP contribution in [0.5, 0.6) is 0 Å². The Kier molecular flexibility index (Phi) is 2.36. The van der Waals surface area contributed by atoms with Gasteiger partial charge in [-0.1, -0.05) is 0 Å². The summed E-state index contributed by atoms with van der Waals surface area (Å²) in [5.41, 5.74) is 11.1. The molecule has 1 aromatic carbocycles. The lowest BCUT2D eigenvalue weighted by Crippen LogP contribution is -2.40. The first-order chi connectivity index (χ1) is 8.94. The van der Waals surface area contributed by atoms with Crippen molar-refractivity contribution in [3.63, 3.8) is 0 Å². The van der Waals surface area contributed by atoms with Crippen molar-refractivity contribution in [3.8, 4) is 0 Å². The summed E-state index contributed by atoms with van der Waals surface area (Å²) < 4.78 is 0.552. The van der Waals surface area contributed by atoms with E-state index in [4.69, 9.17) is 5.73 Å². The van der Waals surface area contributed by atoms with E-state index in [1.807, 2.05) is 39.3 Å². The Hall–Kier alpha value is -2.34. The van der Waals surface area contributed by atoms with Crippen LogP contribution in [0.2, 0.25) is 0 Å². The van der Waals surface area contributed by atoms with E-state index < -0.39 is 0 Å². The summed E-state index contributed by atoms with van der Waals surface area (Å²) in [4.78, 5) is 11.8. The highest BCUT2D eigenvalue weighted by atomic mass is 15.6. The van der Waals surface area contributed by atoms with Gasteiger partial charge in [0.2, 0.25) is 0 Å². The second-order valence-corrected chi connectivity index (χ2v) is 5.46. The van der Waals surface area contributed by atoms with Gasteiger partial charge in [0.15, 0.2) is 11.8 Å². The minimum Gasteiger partial charge on any atom is -0.369 e. The van der Waals surface area contributed by atoms with Gasteiger partial charge in [-0.2, -0.15) is 4.98 Å². The average Bonchev–Trinajstić information content (AvgIpc) is 2.73. The zero-order valence-corrected chi connectivity index (χ0v) is 11.2. The van der Waals surface area contributed by atoms with Crippen molar-refractivity contribution in [1.82, 2.24) is 15.0 Å². The Bertz CT molecular complexity index is 753. The van der Waals surface area contributed by atoms with Crippen molar-refractivity contribution in [3.05, 3.63) is 24.4 Å². The highest BCUT2D eigenvalue weighted by Gasteiger charge is 2.15. The number of anilines is 2. The summed E-state index contributed by atoms with van der Waals surface area (Å²) in [6.45, 7) is 0. The molecule has 19 heavy (non-hydrogen) atoms. The van der Waals surface area contributed by atoms with Gasteiger partial charge in [-0.15, -0.1) is 0 Å². The first-order valence-corrected chi connectivity index (χ1v) is 6.07.